The maximum atomic E-state index is 5.03. The second-order valence-electron chi connectivity index (χ2n) is 3.76. The lowest BCUT2D eigenvalue weighted by atomic mass is 10.1. The highest BCUT2D eigenvalue weighted by atomic mass is 79.9. The minimum Gasteiger partial charge on any atom is -0.472 e. The number of hydrogen-bond donors (Lipinski definition) is 1. The summed E-state index contributed by atoms with van der Waals surface area (Å²) in [7, 11) is 0. The minimum absolute atomic E-state index is 0.311. The zero-order valence-corrected chi connectivity index (χ0v) is 10.7. The topological polar surface area (TPSA) is 25.2 Å². The van der Waals surface area contributed by atoms with Gasteiger partial charge in [0.2, 0.25) is 0 Å². The van der Waals surface area contributed by atoms with Crippen molar-refractivity contribution in [3.8, 4) is 0 Å². The zero-order valence-electron chi connectivity index (χ0n) is 9.11. The summed E-state index contributed by atoms with van der Waals surface area (Å²) >= 11 is 3.56. The van der Waals surface area contributed by atoms with Crippen molar-refractivity contribution in [3.63, 3.8) is 0 Å². The largest absolute Gasteiger partial charge is 0.472 e. The highest BCUT2D eigenvalue weighted by molar-refractivity contribution is 9.10. The van der Waals surface area contributed by atoms with Gasteiger partial charge in [0, 0.05) is 22.6 Å². The van der Waals surface area contributed by atoms with E-state index in [1.807, 2.05) is 12.1 Å². The number of hydrogen-bond acceptors (Lipinski definition) is 2. The van der Waals surface area contributed by atoms with E-state index in [1.165, 1.54) is 11.1 Å². The Balaban J connectivity index is 1.98. The van der Waals surface area contributed by atoms with E-state index in [-0.39, 0.29) is 0 Å². The van der Waals surface area contributed by atoms with E-state index in [0.717, 1.165) is 11.0 Å². The van der Waals surface area contributed by atoms with Crippen molar-refractivity contribution in [2.45, 2.75) is 19.5 Å². The van der Waals surface area contributed by atoms with Crippen molar-refractivity contribution >= 4 is 15.9 Å². The van der Waals surface area contributed by atoms with E-state index in [4.69, 9.17) is 4.42 Å². The van der Waals surface area contributed by atoms with E-state index in [1.54, 1.807) is 12.5 Å². The lowest BCUT2D eigenvalue weighted by Gasteiger charge is -2.15. The number of benzene rings is 1. The predicted molar refractivity (Wildman–Crippen MR) is 68.1 cm³/mol. The van der Waals surface area contributed by atoms with E-state index in [0.29, 0.717) is 6.04 Å². The molecule has 1 heterocycles. The Morgan fingerprint density at radius 1 is 1.31 bits per heavy atom. The molecule has 3 heteroatoms. The molecule has 84 valence electrons. The number of rotatable bonds is 4. The molecule has 2 aromatic rings. The molecular weight excluding hydrogens is 266 g/mol. The van der Waals surface area contributed by atoms with Crippen molar-refractivity contribution in [2.75, 3.05) is 0 Å². The Labute approximate surface area is 104 Å². The third-order valence-electron chi connectivity index (χ3n) is 2.56. The Morgan fingerprint density at radius 2 is 2.12 bits per heavy atom. The molecule has 0 unspecified atom stereocenters. The zero-order chi connectivity index (χ0) is 11.4. The maximum absolute atomic E-state index is 5.03. The Hall–Kier alpha value is -1.06. The van der Waals surface area contributed by atoms with Gasteiger partial charge in [-0.1, -0.05) is 34.1 Å². The van der Waals surface area contributed by atoms with E-state index < -0.39 is 0 Å². The number of nitrogens with one attached hydrogen (secondary N) is 1. The van der Waals surface area contributed by atoms with Crippen LogP contribution in [0.4, 0.5) is 0 Å². The molecule has 2 rings (SSSR count). The summed E-state index contributed by atoms with van der Waals surface area (Å²) in [6.07, 6.45) is 3.46. The average Bonchev–Trinajstić information content (AvgIpc) is 2.79. The molecule has 0 saturated heterocycles. The molecule has 0 aliphatic carbocycles. The van der Waals surface area contributed by atoms with Crippen LogP contribution in [0.1, 0.15) is 24.1 Å². The van der Waals surface area contributed by atoms with E-state index >= 15 is 0 Å². The number of furan rings is 1. The smallest absolute Gasteiger partial charge is 0.0947 e. The van der Waals surface area contributed by atoms with Crippen molar-refractivity contribution in [1.82, 2.24) is 5.32 Å². The Morgan fingerprint density at radius 3 is 2.81 bits per heavy atom. The molecular formula is C13H14BrNO. The van der Waals surface area contributed by atoms with Crippen LogP contribution < -0.4 is 5.32 Å². The van der Waals surface area contributed by atoms with Crippen molar-refractivity contribution in [1.29, 1.82) is 0 Å². The molecule has 1 N–H and O–H groups in total. The van der Waals surface area contributed by atoms with Gasteiger partial charge in [0.25, 0.3) is 0 Å². The highest BCUT2D eigenvalue weighted by Crippen LogP contribution is 2.22. The SMILES string of the molecule is C[C@@H](NCc1ccoc1)c1ccccc1Br. The lowest BCUT2D eigenvalue weighted by Crippen LogP contribution is -2.18. The molecule has 1 aromatic carbocycles. The predicted octanol–water partition coefficient (Wildman–Crippen LogP) is 3.89. The van der Waals surface area contributed by atoms with Crippen LogP contribution in [0.15, 0.2) is 51.7 Å². The van der Waals surface area contributed by atoms with Crippen LogP contribution in [-0.4, -0.2) is 0 Å². The van der Waals surface area contributed by atoms with Crippen LogP contribution in [0.5, 0.6) is 0 Å². The Kier molecular flexibility index (Phi) is 3.80. The summed E-state index contributed by atoms with van der Waals surface area (Å²) in [4.78, 5) is 0. The molecule has 1 atom stereocenters. The molecule has 0 spiro atoms. The van der Waals surface area contributed by atoms with Crippen molar-refractivity contribution < 1.29 is 4.42 Å². The lowest BCUT2D eigenvalue weighted by molar-refractivity contribution is 0.546. The normalized spacial score (nSPS) is 12.6. The van der Waals surface area contributed by atoms with Crippen molar-refractivity contribution in [2.24, 2.45) is 0 Å². The van der Waals surface area contributed by atoms with Gasteiger partial charge < -0.3 is 9.73 Å². The molecule has 0 aliphatic rings. The standard InChI is InChI=1S/C13H14BrNO/c1-10(12-4-2-3-5-13(12)14)15-8-11-6-7-16-9-11/h2-7,9-10,15H,8H2,1H3/t10-/m1/s1. The molecule has 16 heavy (non-hydrogen) atoms. The van der Waals surface area contributed by atoms with Gasteiger partial charge in [0.1, 0.15) is 0 Å². The van der Waals surface area contributed by atoms with Crippen LogP contribution in [0.25, 0.3) is 0 Å². The molecule has 0 amide bonds. The second kappa shape index (κ2) is 5.32. The minimum atomic E-state index is 0.311. The van der Waals surface area contributed by atoms with Gasteiger partial charge in [-0.25, -0.2) is 0 Å². The van der Waals surface area contributed by atoms with Crippen LogP contribution >= 0.6 is 15.9 Å². The highest BCUT2D eigenvalue weighted by Gasteiger charge is 2.07. The van der Waals surface area contributed by atoms with E-state index in [9.17, 15) is 0 Å². The first kappa shape index (κ1) is 11.4. The fourth-order valence-corrected chi connectivity index (χ4v) is 2.23. The fraction of sp³-hybridized carbons (Fsp3) is 0.231. The van der Waals surface area contributed by atoms with Gasteiger partial charge >= 0.3 is 0 Å². The fourth-order valence-electron chi connectivity index (χ4n) is 1.60. The van der Waals surface area contributed by atoms with Gasteiger partial charge in [-0.15, -0.1) is 0 Å². The quantitative estimate of drug-likeness (QED) is 0.919. The summed E-state index contributed by atoms with van der Waals surface area (Å²) in [5.41, 5.74) is 2.44. The molecule has 0 saturated carbocycles. The molecule has 2 nitrogen and oxygen atoms in total. The van der Waals surface area contributed by atoms with Gasteiger partial charge in [-0.3, -0.25) is 0 Å². The molecule has 1 aromatic heterocycles. The summed E-state index contributed by atoms with van der Waals surface area (Å²) < 4.78 is 6.17. The summed E-state index contributed by atoms with van der Waals surface area (Å²) in [5, 5.41) is 3.45. The van der Waals surface area contributed by atoms with Crippen molar-refractivity contribution in [3.05, 3.63) is 58.5 Å². The van der Waals surface area contributed by atoms with Crippen LogP contribution in [0.3, 0.4) is 0 Å². The van der Waals surface area contributed by atoms with Gasteiger partial charge in [0.05, 0.1) is 12.5 Å². The van der Waals surface area contributed by atoms with Gasteiger partial charge in [-0.05, 0) is 24.6 Å². The number of halogens is 1. The molecule has 0 bridgehead atoms. The van der Waals surface area contributed by atoms with Gasteiger partial charge in [0.15, 0.2) is 0 Å². The summed E-state index contributed by atoms with van der Waals surface area (Å²) in [6, 6.07) is 10.5. The maximum Gasteiger partial charge on any atom is 0.0947 e. The Bertz CT molecular complexity index is 439. The summed E-state index contributed by atoms with van der Waals surface area (Å²) in [5.74, 6) is 0. The third-order valence-corrected chi connectivity index (χ3v) is 3.29. The summed E-state index contributed by atoms with van der Waals surface area (Å²) in [6.45, 7) is 2.97. The molecule has 0 radical (unpaired) electrons. The first-order valence-electron chi connectivity index (χ1n) is 5.26. The average molecular weight is 280 g/mol. The van der Waals surface area contributed by atoms with Gasteiger partial charge in [-0.2, -0.15) is 0 Å². The van der Waals surface area contributed by atoms with E-state index in [2.05, 4.69) is 46.4 Å². The van der Waals surface area contributed by atoms with Crippen LogP contribution in [-0.2, 0) is 6.54 Å². The van der Waals surface area contributed by atoms with Crippen LogP contribution in [0.2, 0.25) is 0 Å². The molecule has 0 aliphatic heterocycles. The first-order valence-corrected chi connectivity index (χ1v) is 6.05. The second-order valence-corrected chi connectivity index (χ2v) is 4.61. The van der Waals surface area contributed by atoms with Crippen LogP contribution in [0, 0.1) is 0 Å². The molecule has 0 fully saturated rings. The first-order chi connectivity index (χ1) is 7.77. The third kappa shape index (κ3) is 2.74. The monoisotopic (exact) mass is 279 g/mol.